The van der Waals surface area contributed by atoms with Gasteiger partial charge in [0, 0.05) is 7.05 Å². The molecule has 0 heterocycles. The molecule has 0 aromatic rings. The largest absolute Gasteiger partial charge is 0.464 e. The number of nitrogens with zero attached hydrogens (tertiary/aromatic N) is 1. The topological polar surface area (TPSA) is 77.8 Å². The maximum absolute atomic E-state index is 9.80. The first-order valence-electron chi connectivity index (χ1n) is 1.63. The molecule has 0 saturated carbocycles. The van der Waals surface area contributed by atoms with E-state index in [0.29, 0.717) is 0 Å². The van der Waals surface area contributed by atoms with E-state index in [4.69, 9.17) is 9.66 Å². The standard InChI is InChI=1S/C2H5NO4S/c1-3(2(4)5)8(6)7/h1H3,(H,4,5)(H,6,7). The first-order valence-corrected chi connectivity index (χ1v) is 2.69. The molecule has 0 aromatic carbocycles. The Morgan fingerprint density at radius 3 is 2.12 bits per heavy atom. The van der Waals surface area contributed by atoms with Gasteiger partial charge in [0.2, 0.25) is 0 Å². The summed E-state index contributed by atoms with van der Waals surface area (Å²) in [5.74, 6) is 0. The van der Waals surface area contributed by atoms with E-state index in [2.05, 4.69) is 0 Å². The first kappa shape index (κ1) is 7.38. The lowest BCUT2D eigenvalue weighted by atomic mass is 11.1. The summed E-state index contributed by atoms with van der Waals surface area (Å²) in [5.41, 5.74) is 0. The quantitative estimate of drug-likeness (QED) is 0.490. The molecule has 0 fully saturated rings. The van der Waals surface area contributed by atoms with Gasteiger partial charge < -0.3 is 5.11 Å². The minimum atomic E-state index is -2.41. The van der Waals surface area contributed by atoms with Gasteiger partial charge in [-0.3, -0.25) is 4.55 Å². The van der Waals surface area contributed by atoms with Crippen LogP contribution in [0.15, 0.2) is 0 Å². The molecular formula is C2H5NO4S. The van der Waals surface area contributed by atoms with Gasteiger partial charge in [0.1, 0.15) is 0 Å². The number of amides is 1. The lowest BCUT2D eigenvalue weighted by Gasteiger charge is -2.03. The lowest BCUT2D eigenvalue weighted by molar-refractivity contribution is 0.177. The highest BCUT2D eigenvalue weighted by atomic mass is 32.2. The molecule has 2 N–H and O–H groups in total. The van der Waals surface area contributed by atoms with E-state index < -0.39 is 17.4 Å². The Balaban J connectivity index is 3.83. The van der Waals surface area contributed by atoms with Crippen LogP contribution in [0.3, 0.4) is 0 Å². The van der Waals surface area contributed by atoms with Crippen molar-refractivity contribution in [2.75, 3.05) is 7.05 Å². The summed E-state index contributed by atoms with van der Waals surface area (Å²) in [4.78, 5) is 9.71. The molecule has 1 unspecified atom stereocenters. The van der Waals surface area contributed by atoms with Gasteiger partial charge >= 0.3 is 6.09 Å². The van der Waals surface area contributed by atoms with Gasteiger partial charge in [-0.15, -0.1) is 0 Å². The number of rotatable bonds is 1. The Morgan fingerprint density at radius 1 is 1.75 bits per heavy atom. The molecule has 0 aliphatic rings. The third-order valence-electron chi connectivity index (χ3n) is 0.504. The van der Waals surface area contributed by atoms with Crippen molar-refractivity contribution in [3.63, 3.8) is 0 Å². The Kier molecular flexibility index (Phi) is 2.43. The Bertz CT molecular complexity index is 109. The normalized spacial score (nSPS) is 12.8. The number of hydrogen-bond acceptors (Lipinski definition) is 2. The van der Waals surface area contributed by atoms with Gasteiger partial charge in [-0.25, -0.2) is 13.3 Å². The van der Waals surface area contributed by atoms with Gasteiger partial charge in [0.25, 0.3) is 11.3 Å². The molecule has 0 rings (SSSR count). The van der Waals surface area contributed by atoms with E-state index in [1.165, 1.54) is 0 Å². The molecule has 0 aromatic heterocycles. The molecule has 0 bridgehead atoms. The van der Waals surface area contributed by atoms with Crippen molar-refractivity contribution in [1.82, 2.24) is 4.31 Å². The molecule has 0 aliphatic carbocycles. The first-order chi connectivity index (χ1) is 3.55. The van der Waals surface area contributed by atoms with Crippen LogP contribution in [0.5, 0.6) is 0 Å². The number of hydrogen-bond donors (Lipinski definition) is 2. The zero-order valence-corrected chi connectivity index (χ0v) is 4.88. The van der Waals surface area contributed by atoms with Crippen LogP contribution >= 0.6 is 0 Å². The molecule has 6 heteroatoms. The SMILES string of the molecule is CN(C(=O)O)S(=O)O. The second-order valence-corrected chi connectivity index (χ2v) is 2.02. The molecule has 48 valence electrons. The van der Waals surface area contributed by atoms with Crippen molar-refractivity contribution < 1.29 is 18.7 Å². The highest BCUT2D eigenvalue weighted by Crippen LogP contribution is 1.84. The minimum absolute atomic E-state index is 0.278. The van der Waals surface area contributed by atoms with Crippen LogP contribution in [0, 0.1) is 0 Å². The van der Waals surface area contributed by atoms with E-state index in [0.717, 1.165) is 7.05 Å². The van der Waals surface area contributed by atoms with Gasteiger partial charge in [-0.05, 0) is 0 Å². The second-order valence-electron chi connectivity index (χ2n) is 1.01. The summed E-state index contributed by atoms with van der Waals surface area (Å²) in [7, 11) is 0.998. The van der Waals surface area contributed by atoms with E-state index in [1.807, 2.05) is 0 Å². The van der Waals surface area contributed by atoms with Crippen LogP contribution in [-0.2, 0) is 11.3 Å². The molecule has 1 atom stereocenters. The fourth-order valence-electron chi connectivity index (χ4n) is 0.0668. The zero-order chi connectivity index (χ0) is 6.73. The molecule has 5 nitrogen and oxygen atoms in total. The summed E-state index contributed by atoms with van der Waals surface area (Å²) in [6, 6.07) is 0. The van der Waals surface area contributed by atoms with Crippen LogP contribution in [0.4, 0.5) is 4.79 Å². The van der Waals surface area contributed by atoms with E-state index in [-0.39, 0.29) is 4.31 Å². The smallest absolute Gasteiger partial charge is 0.420 e. The molecule has 8 heavy (non-hydrogen) atoms. The molecule has 0 aliphatic heterocycles. The van der Waals surface area contributed by atoms with Crippen LogP contribution in [0.2, 0.25) is 0 Å². The average Bonchev–Trinajstić information content (AvgIpc) is 1.64. The predicted octanol–water partition coefficient (Wildman–Crippen LogP) is -0.267. The summed E-state index contributed by atoms with van der Waals surface area (Å²) in [5, 5.41) is 7.93. The number of carbonyl (C=O) groups is 1. The predicted molar refractivity (Wildman–Crippen MR) is 26.6 cm³/mol. The third kappa shape index (κ3) is 1.90. The van der Waals surface area contributed by atoms with Crippen molar-refractivity contribution in [3.8, 4) is 0 Å². The van der Waals surface area contributed by atoms with Crippen LogP contribution in [-0.4, -0.2) is 31.3 Å². The van der Waals surface area contributed by atoms with Crippen molar-refractivity contribution in [2.45, 2.75) is 0 Å². The molecule has 0 spiro atoms. The van der Waals surface area contributed by atoms with Crippen molar-refractivity contribution in [2.24, 2.45) is 0 Å². The average molecular weight is 139 g/mol. The minimum Gasteiger partial charge on any atom is -0.464 e. The molecule has 0 radical (unpaired) electrons. The van der Waals surface area contributed by atoms with Gasteiger partial charge in [-0.1, -0.05) is 0 Å². The Hall–Kier alpha value is -0.620. The van der Waals surface area contributed by atoms with E-state index in [9.17, 15) is 9.00 Å². The van der Waals surface area contributed by atoms with E-state index in [1.54, 1.807) is 0 Å². The molecule has 1 amide bonds. The molecule has 0 saturated heterocycles. The van der Waals surface area contributed by atoms with Crippen LogP contribution < -0.4 is 0 Å². The lowest BCUT2D eigenvalue weighted by Crippen LogP contribution is -2.26. The molecular weight excluding hydrogens is 134 g/mol. The van der Waals surface area contributed by atoms with Crippen molar-refractivity contribution >= 4 is 17.4 Å². The fraction of sp³-hybridized carbons (Fsp3) is 0.500. The zero-order valence-electron chi connectivity index (χ0n) is 4.07. The summed E-state index contributed by atoms with van der Waals surface area (Å²) < 4.78 is 18.1. The maximum atomic E-state index is 9.80. The van der Waals surface area contributed by atoms with Gasteiger partial charge in [0.15, 0.2) is 0 Å². The summed E-state index contributed by atoms with van der Waals surface area (Å²) in [6.45, 7) is 0. The van der Waals surface area contributed by atoms with Gasteiger partial charge in [0.05, 0.1) is 0 Å². The highest BCUT2D eigenvalue weighted by Gasteiger charge is 2.09. The third-order valence-corrected chi connectivity index (χ3v) is 1.13. The van der Waals surface area contributed by atoms with Crippen molar-refractivity contribution in [1.29, 1.82) is 0 Å². The van der Waals surface area contributed by atoms with E-state index >= 15 is 0 Å². The maximum Gasteiger partial charge on any atom is 0.420 e. The Morgan fingerprint density at radius 2 is 2.12 bits per heavy atom. The summed E-state index contributed by atoms with van der Waals surface area (Å²) in [6.07, 6.45) is -1.43. The Labute approximate surface area is 48.3 Å². The van der Waals surface area contributed by atoms with Gasteiger partial charge in [-0.2, -0.15) is 0 Å². The fourth-order valence-corrected chi connectivity index (χ4v) is 0.200. The summed E-state index contributed by atoms with van der Waals surface area (Å²) >= 11 is -2.41. The second kappa shape index (κ2) is 2.63. The van der Waals surface area contributed by atoms with Crippen LogP contribution in [0.1, 0.15) is 0 Å². The highest BCUT2D eigenvalue weighted by molar-refractivity contribution is 7.77. The van der Waals surface area contributed by atoms with Crippen LogP contribution in [0.25, 0.3) is 0 Å². The number of carboxylic acid groups (broad SMARTS) is 1. The van der Waals surface area contributed by atoms with Crippen molar-refractivity contribution in [3.05, 3.63) is 0 Å². The monoisotopic (exact) mass is 139 g/mol.